The first-order chi connectivity index (χ1) is 15.9. The first-order valence-electron chi connectivity index (χ1n) is 11.2. The van der Waals surface area contributed by atoms with E-state index in [1.54, 1.807) is 24.3 Å². The number of ketones is 1. The van der Waals surface area contributed by atoms with Gasteiger partial charge in [0, 0.05) is 16.5 Å². The molecule has 0 heterocycles. The van der Waals surface area contributed by atoms with Gasteiger partial charge in [-0.1, -0.05) is 69.3 Å². The lowest BCUT2D eigenvalue weighted by atomic mass is 9.78. The smallest absolute Gasteiger partial charge is 0.193 e. The molecule has 33 heavy (non-hydrogen) atoms. The molecule has 0 aliphatic heterocycles. The zero-order valence-electron chi connectivity index (χ0n) is 19.2. The van der Waals surface area contributed by atoms with Gasteiger partial charge in [-0.15, -0.1) is 0 Å². The predicted molar refractivity (Wildman–Crippen MR) is 132 cm³/mol. The quantitative estimate of drug-likeness (QED) is 0.309. The minimum Gasteiger partial charge on any atom is -0.508 e. The molecule has 4 aromatic carbocycles. The summed E-state index contributed by atoms with van der Waals surface area (Å²) in [6.45, 7) is 6.40. The maximum Gasteiger partial charge on any atom is 0.193 e. The van der Waals surface area contributed by atoms with E-state index in [0.29, 0.717) is 16.9 Å². The fourth-order valence-electron chi connectivity index (χ4n) is 3.85. The maximum absolute atomic E-state index is 12.7. The summed E-state index contributed by atoms with van der Waals surface area (Å²) in [5.41, 5.74) is 4.61. The van der Waals surface area contributed by atoms with Crippen molar-refractivity contribution in [3.63, 3.8) is 0 Å². The van der Waals surface area contributed by atoms with Crippen LogP contribution in [0.25, 0.3) is 0 Å². The van der Waals surface area contributed by atoms with E-state index in [4.69, 9.17) is 4.74 Å². The molecule has 4 aromatic rings. The number of aryl methyl sites for hydroxylation is 1. The number of benzene rings is 4. The molecule has 0 bridgehead atoms. The van der Waals surface area contributed by atoms with Gasteiger partial charge in [-0.3, -0.25) is 4.79 Å². The highest BCUT2D eigenvalue weighted by Crippen LogP contribution is 2.34. The summed E-state index contributed by atoms with van der Waals surface area (Å²) in [7, 11) is 0. The molecule has 0 radical (unpaired) electrons. The molecule has 0 fully saturated rings. The lowest BCUT2D eigenvalue weighted by molar-refractivity contribution is 0.103. The zero-order chi connectivity index (χ0) is 23.4. The normalized spacial score (nSPS) is 11.2. The molecule has 0 aliphatic rings. The number of phenolic OH excluding ortho intramolecular Hbond substituents is 1. The lowest BCUT2D eigenvalue weighted by Crippen LogP contribution is -2.18. The van der Waals surface area contributed by atoms with Crippen molar-refractivity contribution in [2.24, 2.45) is 0 Å². The predicted octanol–water partition coefficient (Wildman–Crippen LogP) is 7.30. The molecule has 0 spiro atoms. The molecule has 3 heteroatoms. The van der Waals surface area contributed by atoms with Gasteiger partial charge in [-0.2, -0.15) is 0 Å². The van der Waals surface area contributed by atoms with Gasteiger partial charge in [-0.25, -0.2) is 0 Å². The Morgan fingerprint density at radius 2 is 1.12 bits per heavy atom. The molecule has 166 valence electrons. The van der Waals surface area contributed by atoms with Crippen molar-refractivity contribution in [1.82, 2.24) is 0 Å². The zero-order valence-corrected chi connectivity index (χ0v) is 19.2. The third-order valence-corrected chi connectivity index (χ3v) is 6.14. The third-order valence-electron chi connectivity index (χ3n) is 6.14. The van der Waals surface area contributed by atoms with Gasteiger partial charge < -0.3 is 9.84 Å². The van der Waals surface area contributed by atoms with E-state index < -0.39 is 0 Å². The average Bonchev–Trinajstić information content (AvgIpc) is 2.85. The summed E-state index contributed by atoms with van der Waals surface area (Å²) in [4.78, 5) is 12.7. The van der Waals surface area contributed by atoms with Gasteiger partial charge >= 0.3 is 0 Å². The molecule has 4 rings (SSSR count). The van der Waals surface area contributed by atoms with Crippen LogP contribution in [0.1, 0.15) is 53.4 Å². The van der Waals surface area contributed by atoms with Crippen molar-refractivity contribution in [1.29, 1.82) is 0 Å². The fraction of sp³-hybridized carbons (Fsp3) is 0.167. The Balaban J connectivity index is 1.44. The first-order valence-corrected chi connectivity index (χ1v) is 11.2. The number of carbonyl (C=O) groups excluding carboxylic acids is 1. The Morgan fingerprint density at radius 1 is 0.697 bits per heavy atom. The maximum atomic E-state index is 12.7. The van der Waals surface area contributed by atoms with Gasteiger partial charge in [0.2, 0.25) is 0 Å². The summed E-state index contributed by atoms with van der Waals surface area (Å²) in [6, 6.07) is 30.3. The molecule has 1 N–H and O–H groups in total. The number of hydrogen-bond donors (Lipinski definition) is 1. The largest absolute Gasteiger partial charge is 0.508 e. The molecule has 0 saturated heterocycles. The van der Waals surface area contributed by atoms with Crippen LogP contribution in [0.5, 0.6) is 17.2 Å². The van der Waals surface area contributed by atoms with Gasteiger partial charge in [0.15, 0.2) is 5.78 Å². The van der Waals surface area contributed by atoms with Crippen LogP contribution >= 0.6 is 0 Å². The van der Waals surface area contributed by atoms with E-state index in [9.17, 15) is 9.90 Å². The van der Waals surface area contributed by atoms with Crippen LogP contribution in [-0.2, 0) is 11.8 Å². The highest BCUT2D eigenvalue weighted by molar-refractivity contribution is 6.09. The number of aromatic hydroxyl groups is 1. The van der Waals surface area contributed by atoms with Crippen LogP contribution in [-0.4, -0.2) is 10.9 Å². The molecule has 0 saturated carbocycles. The van der Waals surface area contributed by atoms with Crippen molar-refractivity contribution in [3.8, 4) is 17.2 Å². The van der Waals surface area contributed by atoms with Gasteiger partial charge in [0.05, 0.1) is 0 Å². The van der Waals surface area contributed by atoms with E-state index in [1.807, 2.05) is 60.7 Å². The van der Waals surface area contributed by atoms with E-state index in [-0.39, 0.29) is 16.9 Å². The summed E-state index contributed by atoms with van der Waals surface area (Å²) >= 11 is 0. The average molecular weight is 437 g/mol. The Labute approximate surface area is 195 Å². The molecule has 0 atom stereocenters. The molecule has 0 amide bonds. The second-order valence-electron chi connectivity index (χ2n) is 8.70. The molecule has 3 nitrogen and oxygen atoms in total. The SMILES string of the molecule is CCc1ccc(C(=O)c2ccc(Oc3ccc(C(C)(C)c4ccc(O)cc4)cc3)cc2)cc1. The second-order valence-corrected chi connectivity index (χ2v) is 8.70. The Hall–Kier alpha value is -3.85. The highest BCUT2D eigenvalue weighted by Gasteiger charge is 2.23. The number of rotatable bonds is 7. The summed E-state index contributed by atoms with van der Waals surface area (Å²) in [5, 5.41) is 9.56. The standard InChI is InChI=1S/C30H28O3/c1-4-21-5-7-22(8-6-21)29(32)23-9-17-27(18-10-23)33-28-19-13-25(14-20-28)30(2,3)24-11-15-26(31)16-12-24/h5-20,31H,4H2,1-3H3. The minimum absolute atomic E-state index is 0.00465. The van der Waals surface area contributed by atoms with Crippen LogP contribution in [0.15, 0.2) is 97.1 Å². The monoisotopic (exact) mass is 436 g/mol. The Kier molecular flexibility index (Phi) is 6.32. The molecular formula is C30H28O3. The van der Waals surface area contributed by atoms with E-state index >= 15 is 0 Å². The molecule has 0 aliphatic carbocycles. The van der Waals surface area contributed by atoms with Gasteiger partial charge in [0.1, 0.15) is 17.2 Å². The van der Waals surface area contributed by atoms with Gasteiger partial charge in [-0.05, 0) is 71.6 Å². The van der Waals surface area contributed by atoms with Crippen molar-refractivity contribution >= 4 is 5.78 Å². The van der Waals surface area contributed by atoms with Gasteiger partial charge in [0.25, 0.3) is 0 Å². The number of ether oxygens (including phenoxy) is 1. The van der Waals surface area contributed by atoms with Crippen molar-refractivity contribution < 1.29 is 14.6 Å². The van der Waals surface area contributed by atoms with Crippen LogP contribution in [0.2, 0.25) is 0 Å². The summed E-state index contributed by atoms with van der Waals surface area (Å²) < 4.78 is 5.99. The minimum atomic E-state index is -0.205. The van der Waals surface area contributed by atoms with Crippen molar-refractivity contribution in [2.75, 3.05) is 0 Å². The van der Waals surface area contributed by atoms with Crippen molar-refractivity contribution in [3.05, 3.63) is 125 Å². The summed E-state index contributed by atoms with van der Waals surface area (Å²) in [5.74, 6) is 1.68. The summed E-state index contributed by atoms with van der Waals surface area (Å²) in [6.07, 6.45) is 0.954. The second kappa shape index (κ2) is 9.33. The lowest BCUT2D eigenvalue weighted by Gasteiger charge is -2.26. The van der Waals surface area contributed by atoms with Crippen molar-refractivity contribution in [2.45, 2.75) is 32.6 Å². The number of carbonyl (C=O) groups is 1. The number of phenols is 1. The van der Waals surface area contributed by atoms with Crippen LogP contribution in [0, 0.1) is 0 Å². The van der Waals surface area contributed by atoms with Crippen LogP contribution in [0.3, 0.4) is 0 Å². The fourth-order valence-corrected chi connectivity index (χ4v) is 3.85. The third kappa shape index (κ3) is 4.98. The van der Waals surface area contributed by atoms with E-state index in [2.05, 4.69) is 32.9 Å². The van der Waals surface area contributed by atoms with E-state index in [0.717, 1.165) is 23.3 Å². The molecule has 0 unspecified atom stereocenters. The topological polar surface area (TPSA) is 46.5 Å². The molecular weight excluding hydrogens is 408 g/mol. The van der Waals surface area contributed by atoms with E-state index in [1.165, 1.54) is 5.56 Å². The van der Waals surface area contributed by atoms with Crippen LogP contribution < -0.4 is 4.74 Å². The van der Waals surface area contributed by atoms with Crippen LogP contribution in [0.4, 0.5) is 0 Å². The first kappa shape index (κ1) is 22.3. The Morgan fingerprint density at radius 3 is 1.61 bits per heavy atom. The molecule has 0 aromatic heterocycles. The highest BCUT2D eigenvalue weighted by atomic mass is 16.5. The Bertz CT molecular complexity index is 1220. The number of hydrogen-bond acceptors (Lipinski definition) is 3.